The van der Waals surface area contributed by atoms with Crippen molar-refractivity contribution in [3.63, 3.8) is 0 Å². The van der Waals surface area contributed by atoms with Crippen molar-refractivity contribution in [3.8, 4) is 0 Å². The van der Waals surface area contributed by atoms with Gasteiger partial charge in [-0.15, -0.1) is 0 Å². The number of nitrogens with two attached hydrogens (primary N) is 1. The molecule has 2 nitrogen and oxygen atoms in total. The Morgan fingerprint density at radius 3 is 2.21 bits per heavy atom. The number of hydrogen-bond acceptors (Lipinski definition) is 2. The lowest BCUT2D eigenvalue weighted by molar-refractivity contribution is 0.213. The summed E-state index contributed by atoms with van der Waals surface area (Å²) in [6.45, 7) is 3.35. The van der Waals surface area contributed by atoms with Crippen molar-refractivity contribution in [3.05, 3.63) is 0 Å². The Balaban J connectivity index is 2.26. The number of hydrogen-bond donors (Lipinski definition) is 1. The van der Waals surface area contributed by atoms with Crippen LogP contribution in [0.4, 0.5) is 0 Å². The molecule has 14 heavy (non-hydrogen) atoms. The maximum absolute atomic E-state index is 6.19. The molecule has 0 saturated heterocycles. The fourth-order valence-corrected chi connectivity index (χ4v) is 2.60. The molecule has 1 aliphatic carbocycles. The monoisotopic (exact) mass is 198 g/mol. The van der Waals surface area contributed by atoms with Crippen LogP contribution in [0, 0.1) is 11.8 Å². The molecule has 1 atom stereocenters. The van der Waals surface area contributed by atoms with Crippen molar-refractivity contribution in [2.24, 2.45) is 17.6 Å². The van der Waals surface area contributed by atoms with Crippen LogP contribution in [0.5, 0.6) is 0 Å². The van der Waals surface area contributed by atoms with Crippen LogP contribution in [-0.2, 0) is 0 Å². The van der Waals surface area contributed by atoms with E-state index in [0.717, 1.165) is 18.4 Å². The Morgan fingerprint density at radius 1 is 1.21 bits per heavy atom. The van der Waals surface area contributed by atoms with E-state index in [4.69, 9.17) is 5.73 Å². The predicted octanol–water partition coefficient (Wildman–Crippen LogP) is 2.09. The Kier molecular flexibility index (Phi) is 4.90. The average molecular weight is 198 g/mol. The molecule has 0 aliphatic heterocycles. The number of likely N-dealkylation sites (N-methyl/N-ethyl adjacent to an activating group) is 1. The zero-order valence-corrected chi connectivity index (χ0v) is 10.00. The number of rotatable bonds is 4. The van der Waals surface area contributed by atoms with E-state index in [9.17, 15) is 0 Å². The van der Waals surface area contributed by atoms with Gasteiger partial charge in [0.05, 0.1) is 0 Å². The van der Waals surface area contributed by atoms with Gasteiger partial charge in [0.25, 0.3) is 0 Å². The van der Waals surface area contributed by atoms with Crippen LogP contribution in [0.3, 0.4) is 0 Å². The van der Waals surface area contributed by atoms with Gasteiger partial charge in [0.15, 0.2) is 0 Å². The van der Waals surface area contributed by atoms with Crippen LogP contribution in [0.25, 0.3) is 0 Å². The molecular formula is C12H26N2. The predicted molar refractivity (Wildman–Crippen MR) is 62.3 cm³/mol. The summed E-state index contributed by atoms with van der Waals surface area (Å²) < 4.78 is 0. The van der Waals surface area contributed by atoms with Gasteiger partial charge in [-0.1, -0.05) is 26.2 Å². The zero-order valence-electron chi connectivity index (χ0n) is 10.00. The molecule has 0 bridgehead atoms. The van der Waals surface area contributed by atoms with E-state index in [1.54, 1.807) is 0 Å². The highest BCUT2D eigenvalue weighted by molar-refractivity contribution is 4.80. The first-order valence-electron chi connectivity index (χ1n) is 6.03. The van der Waals surface area contributed by atoms with Crippen molar-refractivity contribution in [1.29, 1.82) is 0 Å². The maximum Gasteiger partial charge on any atom is 0.0196 e. The van der Waals surface area contributed by atoms with Crippen molar-refractivity contribution in [2.45, 2.75) is 45.1 Å². The second-order valence-electron chi connectivity index (χ2n) is 5.12. The van der Waals surface area contributed by atoms with Crippen LogP contribution in [0.15, 0.2) is 0 Å². The summed E-state index contributed by atoms with van der Waals surface area (Å²) in [6.07, 6.45) is 6.88. The van der Waals surface area contributed by atoms with Gasteiger partial charge >= 0.3 is 0 Å². The van der Waals surface area contributed by atoms with E-state index in [-0.39, 0.29) is 0 Å². The van der Waals surface area contributed by atoms with Crippen molar-refractivity contribution in [1.82, 2.24) is 4.90 Å². The molecule has 2 N–H and O–H groups in total. The third-order valence-corrected chi connectivity index (χ3v) is 3.65. The molecule has 1 fully saturated rings. The first kappa shape index (κ1) is 12.0. The molecule has 2 heteroatoms. The molecule has 1 aliphatic rings. The molecular weight excluding hydrogens is 172 g/mol. The van der Waals surface area contributed by atoms with Crippen molar-refractivity contribution >= 4 is 0 Å². The van der Waals surface area contributed by atoms with E-state index >= 15 is 0 Å². The summed E-state index contributed by atoms with van der Waals surface area (Å²) in [5, 5.41) is 0. The highest BCUT2D eigenvalue weighted by atomic mass is 15.1. The normalized spacial score (nSPS) is 30.6. The second-order valence-corrected chi connectivity index (χ2v) is 5.12. The summed E-state index contributed by atoms with van der Waals surface area (Å²) in [5.41, 5.74) is 6.19. The molecule has 1 unspecified atom stereocenters. The topological polar surface area (TPSA) is 29.3 Å². The van der Waals surface area contributed by atoms with Gasteiger partial charge in [0.2, 0.25) is 0 Å². The summed E-state index contributed by atoms with van der Waals surface area (Å²) in [7, 11) is 4.22. The molecule has 0 radical (unpaired) electrons. The molecule has 0 heterocycles. The maximum atomic E-state index is 6.19. The lowest BCUT2D eigenvalue weighted by atomic mass is 9.78. The van der Waals surface area contributed by atoms with Gasteiger partial charge in [0.1, 0.15) is 0 Å². The molecule has 0 spiro atoms. The Bertz CT molecular complexity index is 148. The van der Waals surface area contributed by atoms with Crippen molar-refractivity contribution < 1.29 is 0 Å². The van der Waals surface area contributed by atoms with E-state index < -0.39 is 0 Å². The summed E-state index contributed by atoms with van der Waals surface area (Å²) in [6, 6.07) is 0.391. The minimum Gasteiger partial charge on any atom is -0.326 e. The van der Waals surface area contributed by atoms with E-state index in [2.05, 4.69) is 25.9 Å². The van der Waals surface area contributed by atoms with E-state index in [1.807, 2.05) is 0 Å². The Hall–Kier alpha value is -0.0800. The molecule has 1 rings (SSSR count). The summed E-state index contributed by atoms with van der Waals surface area (Å²) >= 11 is 0. The SMILES string of the molecule is CCC1CCC(C(N)CN(C)C)CC1. The second kappa shape index (κ2) is 5.72. The molecule has 0 aromatic heterocycles. The van der Waals surface area contributed by atoms with Crippen LogP contribution in [0.1, 0.15) is 39.0 Å². The van der Waals surface area contributed by atoms with Crippen LogP contribution >= 0.6 is 0 Å². The van der Waals surface area contributed by atoms with Crippen LogP contribution in [-0.4, -0.2) is 31.6 Å². The highest BCUT2D eigenvalue weighted by Gasteiger charge is 2.24. The Morgan fingerprint density at radius 2 is 1.79 bits per heavy atom. The van der Waals surface area contributed by atoms with E-state index in [1.165, 1.54) is 32.1 Å². The van der Waals surface area contributed by atoms with Gasteiger partial charge < -0.3 is 10.6 Å². The van der Waals surface area contributed by atoms with Crippen LogP contribution < -0.4 is 5.73 Å². The van der Waals surface area contributed by atoms with Gasteiger partial charge in [-0.2, -0.15) is 0 Å². The highest BCUT2D eigenvalue weighted by Crippen LogP contribution is 2.31. The Labute approximate surface area is 88.8 Å². The quantitative estimate of drug-likeness (QED) is 0.749. The molecule has 0 amide bonds. The standard InChI is InChI=1S/C12H26N2/c1-4-10-5-7-11(8-6-10)12(13)9-14(2)3/h10-12H,4-9,13H2,1-3H3. The first-order chi connectivity index (χ1) is 6.63. The zero-order chi connectivity index (χ0) is 10.6. The largest absolute Gasteiger partial charge is 0.326 e. The fourth-order valence-electron chi connectivity index (χ4n) is 2.60. The van der Waals surface area contributed by atoms with E-state index in [0.29, 0.717) is 6.04 Å². The first-order valence-corrected chi connectivity index (χ1v) is 6.03. The van der Waals surface area contributed by atoms with Gasteiger partial charge in [0, 0.05) is 12.6 Å². The minimum atomic E-state index is 0.391. The van der Waals surface area contributed by atoms with Gasteiger partial charge in [-0.05, 0) is 38.8 Å². The van der Waals surface area contributed by atoms with Gasteiger partial charge in [-0.3, -0.25) is 0 Å². The number of nitrogens with zero attached hydrogens (tertiary/aromatic N) is 1. The minimum absolute atomic E-state index is 0.391. The smallest absolute Gasteiger partial charge is 0.0196 e. The van der Waals surface area contributed by atoms with Gasteiger partial charge in [-0.25, -0.2) is 0 Å². The third kappa shape index (κ3) is 3.58. The summed E-state index contributed by atoms with van der Waals surface area (Å²) in [5.74, 6) is 1.76. The average Bonchev–Trinajstić information content (AvgIpc) is 2.17. The molecule has 84 valence electrons. The summed E-state index contributed by atoms with van der Waals surface area (Å²) in [4.78, 5) is 2.20. The fraction of sp³-hybridized carbons (Fsp3) is 1.00. The lowest BCUT2D eigenvalue weighted by Gasteiger charge is -2.32. The lowest BCUT2D eigenvalue weighted by Crippen LogP contribution is -2.40. The third-order valence-electron chi connectivity index (χ3n) is 3.65. The molecule has 1 saturated carbocycles. The van der Waals surface area contributed by atoms with Crippen LogP contribution in [0.2, 0.25) is 0 Å². The molecule has 0 aromatic carbocycles. The molecule has 0 aromatic rings. The van der Waals surface area contributed by atoms with Crippen molar-refractivity contribution in [2.75, 3.05) is 20.6 Å².